The predicted molar refractivity (Wildman–Crippen MR) is 84.4 cm³/mol. The van der Waals surface area contributed by atoms with Crippen LogP contribution in [0.3, 0.4) is 0 Å². The van der Waals surface area contributed by atoms with Gasteiger partial charge in [0.05, 0.1) is 6.61 Å². The smallest absolute Gasteiger partial charge is 0.119 e. The maximum atomic E-state index is 5.47. The molecule has 3 rings (SSSR count). The van der Waals surface area contributed by atoms with E-state index in [0.717, 1.165) is 18.9 Å². The molecule has 0 radical (unpaired) electrons. The maximum Gasteiger partial charge on any atom is 0.119 e. The van der Waals surface area contributed by atoms with Crippen molar-refractivity contribution in [2.75, 3.05) is 6.61 Å². The van der Waals surface area contributed by atoms with E-state index in [-0.39, 0.29) is 0 Å². The molecule has 1 heterocycles. The Bertz CT molecular complexity index is 546. The van der Waals surface area contributed by atoms with Crippen molar-refractivity contribution in [2.45, 2.75) is 38.8 Å². The Morgan fingerprint density at radius 2 is 2.10 bits per heavy atom. The Hall–Kier alpha value is -1.32. The van der Waals surface area contributed by atoms with Gasteiger partial charge in [-0.25, -0.2) is 0 Å². The molecular formula is C17H21NOS. The average Bonchev–Trinajstić information content (AvgIpc) is 2.96. The highest BCUT2D eigenvalue weighted by atomic mass is 32.1. The van der Waals surface area contributed by atoms with Crippen molar-refractivity contribution in [1.82, 2.24) is 5.32 Å². The number of hydrogen-bond donors (Lipinski definition) is 1. The average molecular weight is 287 g/mol. The molecule has 20 heavy (non-hydrogen) atoms. The molecule has 0 spiro atoms. The van der Waals surface area contributed by atoms with Gasteiger partial charge < -0.3 is 10.1 Å². The predicted octanol–water partition coefficient (Wildman–Crippen LogP) is 4.31. The van der Waals surface area contributed by atoms with E-state index >= 15 is 0 Å². The highest BCUT2D eigenvalue weighted by Crippen LogP contribution is 2.33. The van der Waals surface area contributed by atoms with Gasteiger partial charge in [-0.1, -0.05) is 12.1 Å². The fourth-order valence-electron chi connectivity index (χ4n) is 2.81. The monoisotopic (exact) mass is 287 g/mol. The van der Waals surface area contributed by atoms with Gasteiger partial charge in [-0.15, -0.1) is 11.3 Å². The van der Waals surface area contributed by atoms with Crippen LogP contribution in [0.2, 0.25) is 0 Å². The van der Waals surface area contributed by atoms with Gasteiger partial charge >= 0.3 is 0 Å². The summed E-state index contributed by atoms with van der Waals surface area (Å²) in [4.78, 5) is 1.57. The van der Waals surface area contributed by atoms with Crippen molar-refractivity contribution < 1.29 is 4.74 Å². The molecule has 0 bridgehead atoms. The van der Waals surface area contributed by atoms with Gasteiger partial charge in [-0.05, 0) is 60.9 Å². The minimum absolute atomic E-state index is 0.525. The molecular weight excluding hydrogens is 266 g/mol. The van der Waals surface area contributed by atoms with Crippen molar-refractivity contribution in [3.8, 4) is 5.75 Å². The summed E-state index contributed by atoms with van der Waals surface area (Å²) in [6.07, 6.45) is 3.81. The van der Waals surface area contributed by atoms with Crippen LogP contribution in [0.1, 0.15) is 41.8 Å². The minimum Gasteiger partial charge on any atom is -0.494 e. The number of hydrogen-bond acceptors (Lipinski definition) is 3. The molecule has 2 nitrogen and oxygen atoms in total. The van der Waals surface area contributed by atoms with E-state index in [1.165, 1.54) is 30.4 Å². The highest BCUT2D eigenvalue weighted by Gasteiger charge is 2.20. The molecule has 106 valence electrons. The number of ether oxygens (including phenoxy) is 1. The molecule has 1 aromatic heterocycles. The minimum atomic E-state index is 0.525. The fourth-order valence-corrected chi connectivity index (χ4v) is 3.80. The molecule has 0 fully saturated rings. The van der Waals surface area contributed by atoms with Gasteiger partial charge in [0.25, 0.3) is 0 Å². The first kappa shape index (κ1) is 13.7. The summed E-state index contributed by atoms with van der Waals surface area (Å²) in [5.41, 5.74) is 2.84. The van der Waals surface area contributed by atoms with E-state index in [1.807, 2.05) is 18.3 Å². The Labute approximate surface area is 124 Å². The molecule has 0 saturated carbocycles. The summed E-state index contributed by atoms with van der Waals surface area (Å²) in [7, 11) is 0. The molecule has 1 unspecified atom stereocenters. The van der Waals surface area contributed by atoms with Gasteiger partial charge in [0.15, 0.2) is 0 Å². The maximum absolute atomic E-state index is 5.47. The lowest BCUT2D eigenvalue weighted by Gasteiger charge is -2.24. The van der Waals surface area contributed by atoms with Gasteiger partial charge in [0, 0.05) is 17.5 Å². The van der Waals surface area contributed by atoms with Gasteiger partial charge in [0.2, 0.25) is 0 Å². The summed E-state index contributed by atoms with van der Waals surface area (Å²) in [6.45, 7) is 3.66. The van der Waals surface area contributed by atoms with Gasteiger partial charge in [-0.3, -0.25) is 0 Å². The molecule has 0 aliphatic heterocycles. The van der Waals surface area contributed by atoms with E-state index in [0.29, 0.717) is 6.04 Å². The second-order valence-corrected chi connectivity index (χ2v) is 6.20. The van der Waals surface area contributed by atoms with Crippen LogP contribution in [-0.2, 0) is 13.0 Å². The zero-order valence-electron chi connectivity index (χ0n) is 11.9. The lowest BCUT2D eigenvalue weighted by atomic mass is 9.94. The number of aryl methyl sites for hydroxylation is 1. The third kappa shape index (κ3) is 3.05. The first-order chi connectivity index (χ1) is 9.86. The second-order valence-electron chi connectivity index (χ2n) is 5.20. The van der Waals surface area contributed by atoms with Crippen LogP contribution < -0.4 is 10.1 Å². The summed E-state index contributed by atoms with van der Waals surface area (Å²) >= 11 is 1.90. The molecule has 1 aliphatic carbocycles. The van der Waals surface area contributed by atoms with Crippen molar-refractivity contribution in [3.05, 3.63) is 51.7 Å². The number of thiophene rings is 1. The molecule has 2 aromatic rings. The Kier molecular flexibility index (Phi) is 4.38. The topological polar surface area (TPSA) is 21.3 Å². The normalized spacial score (nSPS) is 17.8. The van der Waals surface area contributed by atoms with Crippen molar-refractivity contribution in [1.29, 1.82) is 0 Å². The molecule has 1 aliphatic rings. The Morgan fingerprint density at radius 1 is 1.25 bits per heavy atom. The molecule has 0 saturated heterocycles. The summed E-state index contributed by atoms with van der Waals surface area (Å²) in [5.74, 6) is 0.953. The summed E-state index contributed by atoms with van der Waals surface area (Å²) < 4.78 is 5.47. The first-order valence-electron chi connectivity index (χ1n) is 7.38. The van der Waals surface area contributed by atoms with Crippen LogP contribution in [0, 0.1) is 0 Å². The van der Waals surface area contributed by atoms with Gasteiger partial charge in [-0.2, -0.15) is 0 Å². The Morgan fingerprint density at radius 3 is 2.90 bits per heavy atom. The Balaban J connectivity index is 1.60. The molecule has 3 heteroatoms. The van der Waals surface area contributed by atoms with Crippen LogP contribution >= 0.6 is 11.3 Å². The molecule has 1 atom stereocenters. The number of rotatable bonds is 5. The second kappa shape index (κ2) is 6.42. The van der Waals surface area contributed by atoms with Crippen LogP contribution in [0.15, 0.2) is 35.7 Å². The number of fused-ring (bicyclic) bond motifs is 1. The third-order valence-electron chi connectivity index (χ3n) is 3.84. The van der Waals surface area contributed by atoms with Crippen molar-refractivity contribution in [3.63, 3.8) is 0 Å². The summed E-state index contributed by atoms with van der Waals surface area (Å²) in [5, 5.41) is 5.92. The van der Waals surface area contributed by atoms with Crippen molar-refractivity contribution in [2.24, 2.45) is 0 Å². The van der Waals surface area contributed by atoms with E-state index in [2.05, 4.69) is 41.0 Å². The van der Waals surface area contributed by atoms with Crippen LogP contribution in [0.5, 0.6) is 5.75 Å². The zero-order valence-corrected chi connectivity index (χ0v) is 12.7. The lowest BCUT2D eigenvalue weighted by Crippen LogP contribution is -2.23. The van der Waals surface area contributed by atoms with Crippen LogP contribution in [-0.4, -0.2) is 6.61 Å². The summed E-state index contributed by atoms with van der Waals surface area (Å²) in [6, 6.07) is 11.2. The highest BCUT2D eigenvalue weighted by molar-refractivity contribution is 7.10. The largest absolute Gasteiger partial charge is 0.494 e. The standard InChI is InChI=1S/C17H21NOS/c1-2-19-14-8-6-13(7-9-14)12-18-16-4-3-5-17-15(16)10-11-20-17/h6-11,16,18H,2-5,12H2,1H3. The SMILES string of the molecule is CCOc1ccc(CNC2CCCc3sccc32)cc1. The number of benzene rings is 1. The zero-order chi connectivity index (χ0) is 13.8. The quantitative estimate of drug-likeness (QED) is 0.884. The van der Waals surface area contributed by atoms with E-state index < -0.39 is 0 Å². The van der Waals surface area contributed by atoms with E-state index in [1.54, 1.807) is 4.88 Å². The van der Waals surface area contributed by atoms with Crippen molar-refractivity contribution >= 4 is 11.3 Å². The van der Waals surface area contributed by atoms with E-state index in [4.69, 9.17) is 4.74 Å². The molecule has 1 N–H and O–H groups in total. The third-order valence-corrected chi connectivity index (χ3v) is 4.84. The fraction of sp³-hybridized carbons (Fsp3) is 0.412. The molecule has 1 aromatic carbocycles. The first-order valence-corrected chi connectivity index (χ1v) is 8.26. The van der Waals surface area contributed by atoms with E-state index in [9.17, 15) is 0 Å². The van der Waals surface area contributed by atoms with Crippen LogP contribution in [0.4, 0.5) is 0 Å². The van der Waals surface area contributed by atoms with Crippen LogP contribution in [0.25, 0.3) is 0 Å². The number of nitrogens with one attached hydrogen (secondary N) is 1. The van der Waals surface area contributed by atoms with Gasteiger partial charge in [0.1, 0.15) is 5.75 Å². The lowest BCUT2D eigenvalue weighted by molar-refractivity contribution is 0.340. The molecule has 0 amide bonds.